The average Bonchev–Trinajstić information content (AvgIpc) is 2.75. The van der Waals surface area contributed by atoms with Gasteiger partial charge in [0.2, 0.25) is 0 Å². The van der Waals surface area contributed by atoms with Crippen LogP contribution in [0.4, 0.5) is 4.39 Å². The van der Waals surface area contributed by atoms with Gasteiger partial charge in [-0.2, -0.15) is 5.26 Å². The zero-order valence-corrected chi connectivity index (χ0v) is 16.5. The fraction of sp³-hybridized carbons (Fsp3) is 0.200. The first-order valence-corrected chi connectivity index (χ1v) is 9.80. The monoisotopic (exact) mass is 400 g/mol. The minimum atomic E-state index is -0.718. The van der Waals surface area contributed by atoms with E-state index in [1.165, 1.54) is 29.2 Å². The lowest BCUT2D eigenvalue weighted by Gasteiger charge is -2.52. The predicted octanol–water partition coefficient (Wildman–Crippen LogP) is 4.29. The number of amides is 1. The Hall–Kier alpha value is -3.49. The Morgan fingerprint density at radius 3 is 2.30 bits per heavy atom. The Morgan fingerprint density at radius 2 is 1.67 bits per heavy atom. The summed E-state index contributed by atoms with van der Waals surface area (Å²) in [5, 5.41) is 20.0. The zero-order chi connectivity index (χ0) is 21.3. The molecule has 0 unspecified atom stereocenters. The fourth-order valence-corrected chi connectivity index (χ4v) is 4.31. The number of benzene rings is 3. The van der Waals surface area contributed by atoms with Gasteiger partial charge in [0.15, 0.2) is 0 Å². The molecule has 5 heteroatoms. The van der Waals surface area contributed by atoms with Crippen LogP contribution in [0.3, 0.4) is 0 Å². The van der Waals surface area contributed by atoms with Crippen LogP contribution >= 0.6 is 0 Å². The smallest absolute Gasteiger partial charge is 0.255 e. The van der Waals surface area contributed by atoms with E-state index in [4.69, 9.17) is 0 Å². The third-order valence-electron chi connectivity index (χ3n) is 5.81. The molecule has 30 heavy (non-hydrogen) atoms. The van der Waals surface area contributed by atoms with Crippen LogP contribution in [-0.4, -0.2) is 34.6 Å². The number of aliphatic hydroxyl groups is 1. The van der Waals surface area contributed by atoms with Crippen LogP contribution in [0.15, 0.2) is 72.8 Å². The van der Waals surface area contributed by atoms with Crippen LogP contribution in [0.2, 0.25) is 0 Å². The number of carbonyl (C=O) groups is 1. The van der Waals surface area contributed by atoms with Crippen molar-refractivity contribution in [3.05, 3.63) is 95.3 Å². The molecule has 0 spiro atoms. The Bertz CT molecular complexity index is 1120. The third-order valence-corrected chi connectivity index (χ3v) is 5.81. The van der Waals surface area contributed by atoms with E-state index in [1.807, 2.05) is 55.5 Å². The van der Waals surface area contributed by atoms with E-state index in [9.17, 15) is 19.6 Å². The van der Waals surface area contributed by atoms with Crippen LogP contribution in [-0.2, 0) is 0 Å². The molecule has 3 aromatic rings. The van der Waals surface area contributed by atoms with Crippen LogP contribution in [0, 0.1) is 24.1 Å². The summed E-state index contributed by atoms with van der Waals surface area (Å²) in [5.74, 6) is -1.14. The zero-order valence-electron chi connectivity index (χ0n) is 16.5. The lowest BCUT2D eigenvalue weighted by atomic mass is 9.73. The highest BCUT2D eigenvalue weighted by Gasteiger charge is 2.52. The third kappa shape index (κ3) is 3.26. The van der Waals surface area contributed by atoms with Crippen molar-refractivity contribution in [3.8, 4) is 17.2 Å². The standard InChI is InChI=1S/C25H21FN2O2/c1-16-6-2-3-7-19(16)20-8-4-5-9-21(20)24-22(14-27)28(23(24)15-29)25(30)17-10-12-18(26)13-11-17/h2-13,22-24,29H,15H2,1H3/t22-,23-,24+/m1/s1. The molecule has 0 radical (unpaired) electrons. The highest BCUT2D eigenvalue weighted by atomic mass is 19.1. The van der Waals surface area contributed by atoms with E-state index in [1.54, 1.807) is 0 Å². The summed E-state index contributed by atoms with van der Waals surface area (Å²) in [4.78, 5) is 14.4. The van der Waals surface area contributed by atoms with Gasteiger partial charge in [0.05, 0.1) is 18.7 Å². The number of carbonyl (C=O) groups excluding carboxylic acids is 1. The summed E-state index contributed by atoms with van der Waals surface area (Å²) < 4.78 is 13.2. The van der Waals surface area contributed by atoms with Crippen LogP contribution in [0.5, 0.6) is 0 Å². The molecule has 4 rings (SSSR count). The molecule has 1 heterocycles. The van der Waals surface area contributed by atoms with Gasteiger partial charge >= 0.3 is 0 Å². The molecule has 3 atom stereocenters. The molecule has 1 fully saturated rings. The molecule has 0 aliphatic carbocycles. The van der Waals surface area contributed by atoms with E-state index >= 15 is 0 Å². The van der Waals surface area contributed by atoms with Crippen molar-refractivity contribution in [2.75, 3.05) is 6.61 Å². The van der Waals surface area contributed by atoms with Crippen LogP contribution in [0.25, 0.3) is 11.1 Å². The van der Waals surface area contributed by atoms with Crippen molar-refractivity contribution in [2.45, 2.75) is 24.9 Å². The SMILES string of the molecule is Cc1ccccc1-c1ccccc1[C@H]1[C@@H](C#N)N(C(=O)c2ccc(F)cc2)[C@@H]1CO. The predicted molar refractivity (Wildman–Crippen MR) is 112 cm³/mol. The van der Waals surface area contributed by atoms with Gasteiger partial charge in [0.25, 0.3) is 5.91 Å². The highest BCUT2D eigenvalue weighted by Crippen LogP contribution is 2.45. The first-order chi connectivity index (χ1) is 14.6. The molecule has 150 valence electrons. The molecular weight excluding hydrogens is 379 g/mol. The molecule has 0 aromatic heterocycles. The maximum absolute atomic E-state index is 13.2. The van der Waals surface area contributed by atoms with Crippen molar-refractivity contribution in [1.82, 2.24) is 4.90 Å². The quantitative estimate of drug-likeness (QED) is 0.710. The molecule has 1 N–H and O–H groups in total. The highest BCUT2D eigenvalue weighted by molar-refractivity contribution is 5.96. The largest absolute Gasteiger partial charge is 0.394 e. The summed E-state index contributed by atoms with van der Waals surface area (Å²) in [6.07, 6.45) is 0. The lowest BCUT2D eigenvalue weighted by molar-refractivity contribution is -0.00571. The summed E-state index contributed by atoms with van der Waals surface area (Å²) in [7, 11) is 0. The van der Waals surface area contributed by atoms with Gasteiger partial charge in [-0.25, -0.2) is 4.39 Å². The molecule has 0 bridgehead atoms. The first kappa shape index (κ1) is 19.8. The molecule has 4 nitrogen and oxygen atoms in total. The van der Waals surface area contributed by atoms with Gasteiger partial charge in [-0.3, -0.25) is 4.79 Å². The maximum Gasteiger partial charge on any atom is 0.255 e. The summed E-state index contributed by atoms with van der Waals surface area (Å²) in [6, 6.07) is 22.0. The number of aliphatic hydroxyl groups excluding tert-OH is 1. The van der Waals surface area contributed by atoms with Gasteiger partial charge in [-0.1, -0.05) is 48.5 Å². The van der Waals surface area contributed by atoms with Crippen LogP contribution in [0.1, 0.15) is 27.4 Å². The maximum atomic E-state index is 13.2. The molecule has 0 saturated carbocycles. The number of halogens is 1. The van der Waals surface area contributed by atoms with E-state index in [2.05, 4.69) is 6.07 Å². The van der Waals surface area contributed by atoms with E-state index < -0.39 is 17.9 Å². The second-order valence-electron chi connectivity index (χ2n) is 7.47. The Balaban J connectivity index is 1.73. The minimum absolute atomic E-state index is 0.266. The van der Waals surface area contributed by atoms with Gasteiger partial charge in [0.1, 0.15) is 11.9 Å². The Morgan fingerprint density at radius 1 is 1.03 bits per heavy atom. The number of hydrogen-bond donors (Lipinski definition) is 1. The van der Waals surface area contributed by atoms with Crippen molar-refractivity contribution in [1.29, 1.82) is 5.26 Å². The minimum Gasteiger partial charge on any atom is -0.394 e. The van der Waals surface area contributed by atoms with Crippen LogP contribution < -0.4 is 0 Å². The van der Waals surface area contributed by atoms with E-state index in [0.717, 1.165) is 22.3 Å². The number of aryl methyl sites for hydroxylation is 1. The number of rotatable bonds is 4. The van der Waals surface area contributed by atoms with Crippen molar-refractivity contribution in [2.24, 2.45) is 0 Å². The lowest BCUT2D eigenvalue weighted by Crippen LogP contribution is -2.65. The number of likely N-dealkylation sites (tertiary alicyclic amines) is 1. The number of nitrogens with zero attached hydrogens (tertiary/aromatic N) is 2. The van der Waals surface area contributed by atoms with E-state index in [0.29, 0.717) is 5.56 Å². The summed E-state index contributed by atoms with van der Waals surface area (Å²) in [6.45, 7) is 1.76. The fourth-order valence-electron chi connectivity index (χ4n) is 4.31. The second kappa shape index (κ2) is 8.10. The molecule has 1 aliphatic heterocycles. The summed E-state index contributed by atoms with van der Waals surface area (Å²) >= 11 is 0. The van der Waals surface area contributed by atoms with Gasteiger partial charge in [-0.05, 0) is 53.4 Å². The average molecular weight is 400 g/mol. The molecule has 3 aromatic carbocycles. The molecule has 1 aliphatic rings. The second-order valence-corrected chi connectivity index (χ2v) is 7.47. The Labute approximate surface area is 174 Å². The van der Waals surface area contributed by atoms with E-state index in [-0.39, 0.29) is 18.4 Å². The molecule has 1 saturated heterocycles. The molecular formula is C25H21FN2O2. The van der Waals surface area contributed by atoms with Gasteiger partial charge < -0.3 is 10.0 Å². The Kier molecular flexibility index (Phi) is 5.35. The van der Waals surface area contributed by atoms with Crippen molar-refractivity contribution in [3.63, 3.8) is 0 Å². The topological polar surface area (TPSA) is 64.3 Å². The first-order valence-electron chi connectivity index (χ1n) is 9.80. The number of nitriles is 1. The van der Waals surface area contributed by atoms with Crippen molar-refractivity contribution < 1.29 is 14.3 Å². The van der Waals surface area contributed by atoms with Gasteiger partial charge in [0, 0.05) is 11.5 Å². The van der Waals surface area contributed by atoms with Crippen molar-refractivity contribution >= 4 is 5.91 Å². The normalized spacial score (nSPS) is 20.3. The van der Waals surface area contributed by atoms with Gasteiger partial charge in [-0.15, -0.1) is 0 Å². The summed E-state index contributed by atoms with van der Waals surface area (Å²) in [5.41, 5.74) is 4.39. The molecule has 1 amide bonds. The number of hydrogen-bond acceptors (Lipinski definition) is 3.